The maximum atomic E-state index is 12.6. The first-order valence-corrected chi connectivity index (χ1v) is 8.98. The van der Waals surface area contributed by atoms with Gasteiger partial charge in [0.1, 0.15) is 0 Å². The summed E-state index contributed by atoms with van der Waals surface area (Å²) in [5.74, 6) is 0.391. The molecule has 2 aromatic carbocycles. The van der Waals surface area contributed by atoms with Crippen LogP contribution < -0.4 is 10.2 Å². The van der Waals surface area contributed by atoms with Crippen molar-refractivity contribution in [3.63, 3.8) is 0 Å². The molecule has 0 spiro atoms. The zero-order valence-electron chi connectivity index (χ0n) is 14.6. The van der Waals surface area contributed by atoms with Gasteiger partial charge in [-0.2, -0.15) is 5.10 Å². The number of benzene rings is 2. The summed E-state index contributed by atoms with van der Waals surface area (Å²) in [6, 6.07) is 20.2. The van der Waals surface area contributed by atoms with Crippen LogP contribution >= 0.6 is 0 Å². The molecule has 26 heavy (non-hydrogen) atoms. The fourth-order valence-electron chi connectivity index (χ4n) is 3.49. The minimum Gasteiger partial charge on any atom is -0.371 e. The number of carbonyl (C=O) groups excluding carboxylic acids is 1. The lowest BCUT2D eigenvalue weighted by Crippen LogP contribution is -2.31. The van der Waals surface area contributed by atoms with Crippen molar-refractivity contribution in [2.45, 2.75) is 6.42 Å². The lowest BCUT2D eigenvalue weighted by atomic mass is 10.1. The number of anilines is 1. The number of aromatic amines is 1. The molecule has 1 fully saturated rings. The normalized spacial score (nSPS) is 16.6. The van der Waals surface area contributed by atoms with Crippen LogP contribution in [0.3, 0.4) is 0 Å². The third-order valence-electron chi connectivity index (χ3n) is 4.90. The summed E-state index contributed by atoms with van der Waals surface area (Å²) in [5, 5.41) is 10.1. The quantitative estimate of drug-likeness (QED) is 0.745. The number of para-hydroxylation sites is 1. The summed E-state index contributed by atoms with van der Waals surface area (Å²) in [5.41, 5.74) is 3.57. The predicted octanol–water partition coefficient (Wildman–Crippen LogP) is 3.33. The number of aromatic nitrogens is 2. The molecule has 5 heteroatoms. The summed E-state index contributed by atoms with van der Waals surface area (Å²) < 4.78 is 0. The Bertz CT molecular complexity index is 860. The molecule has 0 saturated carbocycles. The molecule has 4 rings (SSSR count). The van der Waals surface area contributed by atoms with E-state index in [0.717, 1.165) is 30.8 Å². The van der Waals surface area contributed by atoms with E-state index in [1.165, 1.54) is 5.69 Å². The molecule has 2 heterocycles. The lowest BCUT2D eigenvalue weighted by molar-refractivity contribution is 0.0949. The van der Waals surface area contributed by atoms with Crippen LogP contribution in [0.5, 0.6) is 0 Å². The van der Waals surface area contributed by atoms with Crippen molar-refractivity contribution in [2.75, 3.05) is 24.5 Å². The molecule has 5 nitrogen and oxygen atoms in total. The highest BCUT2D eigenvalue weighted by molar-refractivity contribution is 5.99. The zero-order valence-corrected chi connectivity index (χ0v) is 14.6. The van der Waals surface area contributed by atoms with Gasteiger partial charge in [-0.15, -0.1) is 0 Å². The summed E-state index contributed by atoms with van der Waals surface area (Å²) in [4.78, 5) is 15.0. The third kappa shape index (κ3) is 3.47. The minimum absolute atomic E-state index is 0.0734. The Morgan fingerprint density at radius 3 is 2.62 bits per heavy atom. The number of hydrogen-bond donors (Lipinski definition) is 2. The SMILES string of the molecule is O=C(NCC1CCN(c2ccccc2)C1)c1cn[nH]c1-c1ccccc1. The molecule has 3 aromatic rings. The zero-order chi connectivity index (χ0) is 17.8. The third-order valence-corrected chi connectivity index (χ3v) is 4.90. The predicted molar refractivity (Wildman–Crippen MR) is 103 cm³/mol. The van der Waals surface area contributed by atoms with Gasteiger partial charge in [-0.25, -0.2) is 0 Å². The van der Waals surface area contributed by atoms with Gasteiger partial charge >= 0.3 is 0 Å². The van der Waals surface area contributed by atoms with Crippen molar-refractivity contribution < 1.29 is 4.79 Å². The first-order chi connectivity index (χ1) is 12.8. The van der Waals surface area contributed by atoms with Crippen molar-refractivity contribution in [1.82, 2.24) is 15.5 Å². The van der Waals surface area contributed by atoms with Crippen molar-refractivity contribution in [3.8, 4) is 11.3 Å². The van der Waals surface area contributed by atoms with Crippen molar-refractivity contribution in [2.24, 2.45) is 5.92 Å². The molecule has 132 valence electrons. The average Bonchev–Trinajstić information content (AvgIpc) is 3.37. The molecule has 1 aliphatic heterocycles. The molecular formula is C21H22N4O. The van der Waals surface area contributed by atoms with E-state index >= 15 is 0 Å². The number of H-pyrrole nitrogens is 1. The van der Waals surface area contributed by atoms with Crippen LogP contribution in [0.2, 0.25) is 0 Å². The molecule has 1 unspecified atom stereocenters. The van der Waals surface area contributed by atoms with Gasteiger partial charge in [0.25, 0.3) is 5.91 Å². The second kappa shape index (κ2) is 7.44. The highest BCUT2D eigenvalue weighted by atomic mass is 16.1. The fourth-order valence-corrected chi connectivity index (χ4v) is 3.49. The molecule has 2 N–H and O–H groups in total. The number of hydrogen-bond acceptors (Lipinski definition) is 3. The molecule has 1 atom stereocenters. The van der Waals surface area contributed by atoms with Gasteiger partial charge in [0, 0.05) is 30.9 Å². The highest BCUT2D eigenvalue weighted by Gasteiger charge is 2.24. The van der Waals surface area contributed by atoms with Crippen LogP contribution in [0.1, 0.15) is 16.8 Å². The van der Waals surface area contributed by atoms with E-state index in [-0.39, 0.29) is 5.91 Å². The molecule has 1 aliphatic rings. The molecule has 0 aliphatic carbocycles. The van der Waals surface area contributed by atoms with E-state index in [1.807, 2.05) is 36.4 Å². The van der Waals surface area contributed by atoms with E-state index < -0.39 is 0 Å². The van der Waals surface area contributed by atoms with Crippen LogP contribution in [0.15, 0.2) is 66.9 Å². The van der Waals surface area contributed by atoms with Gasteiger partial charge in [0.15, 0.2) is 0 Å². The lowest BCUT2D eigenvalue weighted by Gasteiger charge is -2.18. The van der Waals surface area contributed by atoms with Crippen molar-refractivity contribution >= 4 is 11.6 Å². The molecule has 1 amide bonds. The van der Waals surface area contributed by atoms with Crippen LogP contribution in [0.25, 0.3) is 11.3 Å². The largest absolute Gasteiger partial charge is 0.371 e. The Morgan fingerprint density at radius 1 is 1.12 bits per heavy atom. The number of nitrogens with one attached hydrogen (secondary N) is 2. The van der Waals surface area contributed by atoms with E-state index in [0.29, 0.717) is 18.0 Å². The van der Waals surface area contributed by atoms with Gasteiger partial charge in [-0.05, 0) is 24.5 Å². The van der Waals surface area contributed by atoms with E-state index in [9.17, 15) is 4.79 Å². The standard InChI is InChI=1S/C21H22N4O/c26-21(19-14-23-24-20(19)17-7-3-1-4-8-17)22-13-16-11-12-25(15-16)18-9-5-2-6-10-18/h1-10,14,16H,11-13,15H2,(H,22,26)(H,23,24). The second-order valence-corrected chi connectivity index (χ2v) is 6.67. The van der Waals surface area contributed by atoms with Gasteiger partial charge in [0.05, 0.1) is 17.5 Å². The Kier molecular flexibility index (Phi) is 4.69. The summed E-state index contributed by atoms with van der Waals surface area (Å²) in [7, 11) is 0. The monoisotopic (exact) mass is 346 g/mol. The van der Waals surface area contributed by atoms with Gasteiger partial charge in [-0.3, -0.25) is 9.89 Å². The van der Waals surface area contributed by atoms with Crippen LogP contribution in [-0.4, -0.2) is 35.7 Å². The number of nitrogens with zero attached hydrogens (tertiary/aromatic N) is 2. The fraction of sp³-hybridized carbons (Fsp3) is 0.238. The Morgan fingerprint density at radius 2 is 1.85 bits per heavy atom. The highest BCUT2D eigenvalue weighted by Crippen LogP contribution is 2.24. The van der Waals surface area contributed by atoms with Crippen molar-refractivity contribution in [3.05, 3.63) is 72.4 Å². The Hall–Kier alpha value is -3.08. The maximum Gasteiger partial charge on any atom is 0.255 e. The summed E-state index contributed by atoms with van der Waals surface area (Å²) >= 11 is 0. The summed E-state index contributed by atoms with van der Waals surface area (Å²) in [6.07, 6.45) is 2.69. The van der Waals surface area contributed by atoms with E-state index in [4.69, 9.17) is 0 Å². The first kappa shape index (κ1) is 16.4. The van der Waals surface area contributed by atoms with Crippen LogP contribution in [0, 0.1) is 5.92 Å². The smallest absolute Gasteiger partial charge is 0.255 e. The average molecular weight is 346 g/mol. The van der Waals surface area contributed by atoms with E-state index in [1.54, 1.807) is 6.20 Å². The van der Waals surface area contributed by atoms with Crippen LogP contribution in [-0.2, 0) is 0 Å². The second-order valence-electron chi connectivity index (χ2n) is 6.67. The van der Waals surface area contributed by atoms with Gasteiger partial charge < -0.3 is 10.2 Å². The molecule has 1 aromatic heterocycles. The van der Waals surface area contributed by atoms with Crippen molar-refractivity contribution in [1.29, 1.82) is 0 Å². The Balaban J connectivity index is 1.36. The number of carbonyl (C=O) groups is 1. The first-order valence-electron chi connectivity index (χ1n) is 8.98. The Labute approximate surface area is 153 Å². The number of amides is 1. The molecule has 0 radical (unpaired) electrons. The van der Waals surface area contributed by atoms with Crippen LogP contribution in [0.4, 0.5) is 5.69 Å². The minimum atomic E-state index is -0.0734. The summed E-state index contributed by atoms with van der Waals surface area (Å²) in [6.45, 7) is 2.69. The van der Waals surface area contributed by atoms with Gasteiger partial charge in [-0.1, -0.05) is 48.5 Å². The van der Waals surface area contributed by atoms with E-state index in [2.05, 4.69) is 44.7 Å². The maximum absolute atomic E-state index is 12.6. The topological polar surface area (TPSA) is 61.0 Å². The van der Waals surface area contributed by atoms with Gasteiger partial charge in [0.2, 0.25) is 0 Å². The number of rotatable bonds is 5. The molecule has 0 bridgehead atoms. The molecular weight excluding hydrogens is 324 g/mol. The molecule has 1 saturated heterocycles.